The number of nitrogens with zero attached hydrogens (tertiary/aromatic N) is 2. The van der Waals surface area contributed by atoms with Crippen LogP contribution in [0.2, 0.25) is 0 Å². The molecule has 4 unspecified atom stereocenters. The van der Waals surface area contributed by atoms with Gasteiger partial charge in [-0.3, -0.25) is 9.69 Å². The van der Waals surface area contributed by atoms with E-state index in [1.54, 1.807) is 7.11 Å². The molecule has 1 saturated carbocycles. The third kappa shape index (κ3) is 3.98. The number of carbonyl (C=O) groups is 1. The number of anilines is 1. The average Bonchev–Trinajstić information content (AvgIpc) is 3.42. The molecule has 2 heterocycles. The predicted octanol–water partition coefficient (Wildman–Crippen LogP) is 5.13. The van der Waals surface area contributed by atoms with Crippen molar-refractivity contribution >= 4 is 11.5 Å². The Morgan fingerprint density at radius 3 is 2.52 bits per heavy atom. The van der Waals surface area contributed by atoms with Gasteiger partial charge in [0.05, 0.1) is 7.11 Å². The fourth-order valence-electron chi connectivity index (χ4n) is 5.88. The highest BCUT2D eigenvalue weighted by molar-refractivity contribution is 5.99. The average molecular weight is 419 g/mol. The van der Waals surface area contributed by atoms with Crippen LogP contribution in [0.15, 0.2) is 48.5 Å². The number of rotatable bonds is 6. The summed E-state index contributed by atoms with van der Waals surface area (Å²) in [7, 11) is 1.64. The Kier molecular flexibility index (Phi) is 5.75. The minimum atomic E-state index is 0.0887. The standard InChI is InChI=1S/C27H34N2O2/c1-19-5-4-15-29(19)23-14-16-28(18-23)22-10-8-20(9-11-22)25-12-13-26(25)27(30)21-6-3-7-24(17-21)31-2/h3,6-11,17,19,23,25-26H,4-5,12-16,18H2,1-2H3. The molecule has 0 spiro atoms. The highest BCUT2D eigenvalue weighted by Gasteiger charge is 2.38. The Morgan fingerprint density at radius 1 is 1.00 bits per heavy atom. The second-order valence-corrected chi connectivity index (χ2v) is 9.60. The smallest absolute Gasteiger partial charge is 0.166 e. The molecule has 164 valence electrons. The second kappa shape index (κ2) is 8.66. The van der Waals surface area contributed by atoms with Gasteiger partial charge < -0.3 is 9.64 Å². The van der Waals surface area contributed by atoms with Crippen LogP contribution < -0.4 is 9.64 Å². The van der Waals surface area contributed by atoms with Crippen molar-refractivity contribution in [3.8, 4) is 5.75 Å². The first-order valence-corrected chi connectivity index (χ1v) is 11.9. The fourth-order valence-corrected chi connectivity index (χ4v) is 5.88. The van der Waals surface area contributed by atoms with E-state index in [0.717, 1.165) is 43.3 Å². The van der Waals surface area contributed by atoms with E-state index >= 15 is 0 Å². The fraction of sp³-hybridized carbons (Fsp3) is 0.519. The van der Waals surface area contributed by atoms with Gasteiger partial charge in [0.25, 0.3) is 0 Å². The van der Waals surface area contributed by atoms with E-state index in [1.807, 2.05) is 24.3 Å². The molecular formula is C27H34N2O2. The maximum Gasteiger partial charge on any atom is 0.166 e. The first-order chi connectivity index (χ1) is 15.1. The zero-order valence-electron chi connectivity index (χ0n) is 18.8. The molecule has 2 aliphatic heterocycles. The van der Waals surface area contributed by atoms with Crippen LogP contribution in [0.25, 0.3) is 0 Å². The molecule has 2 aromatic carbocycles. The molecule has 2 saturated heterocycles. The third-order valence-electron chi connectivity index (χ3n) is 7.89. The van der Waals surface area contributed by atoms with Crippen molar-refractivity contribution in [1.82, 2.24) is 4.90 Å². The maximum absolute atomic E-state index is 13.1. The molecule has 4 nitrogen and oxygen atoms in total. The minimum Gasteiger partial charge on any atom is -0.497 e. The van der Waals surface area contributed by atoms with Crippen molar-refractivity contribution in [3.63, 3.8) is 0 Å². The highest BCUT2D eigenvalue weighted by Crippen LogP contribution is 2.45. The molecule has 5 rings (SSSR count). The molecule has 0 N–H and O–H groups in total. The van der Waals surface area contributed by atoms with E-state index in [-0.39, 0.29) is 11.7 Å². The SMILES string of the molecule is COc1cccc(C(=O)C2CCC2c2ccc(N3CCC(N4CCCC4C)C3)cc2)c1. The van der Waals surface area contributed by atoms with E-state index in [2.05, 4.69) is 41.0 Å². The highest BCUT2D eigenvalue weighted by atomic mass is 16.5. The van der Waals surface area contributed by atoms with Gasteiger partial charge in [-0.15, -0.1) is 0 Å². The van der Waals surface area contributed by atoms with Crippen molar-refractivity contribution in [3.05, 3.63) is 59.7 Å². The van der Waals surface area contributed by atoms with Crippen LogP contribution in [0, 0.1) is 5.92 Å². The van der Waals surface area contributed by atoms with E-state index in [4.69, 9.17) is 4.74 Å². The molecule has 3 aliphatic rings. The zero-order chi connectivity index (χ0) is 21.4. The van der Waals surface area contributed by atoms with Crippen LogP contribution in [0.4, 0.5) is 5.69 Å². The quantitative estimate of drug-likeness (QED) is 0.609. The van der Waals surface area contributed by atoms with Crippen LogP contribution in [0.3, 0.4) is 0 Å². The molecule has 4 heteroatoms. The molecule has 31 heavy (non-hydrogen) atoms. The minimum absolute atomic E-state index is 0.0887. The van der Waals surface area contributed by atoms with Crippen molar-refractivity contribution in [2.45, 2.75) is 57.0 Å². The Balaban J connectivity index is 1.23. The van der Waals surface area contributed by atoms with Gasteiger partial charge in [0.15, 0.2) is 5.78 Å². The van der Waals surface area contributed by atoms with Gasteiger partial charge in [0, 0.05) is 42.3 Å². The summed E-state index contributed by atoms with van der Waals surface area (Å²) in [5, 5.41) is 0. The van der Waals surface area contributed by atoms with Crippen molar-refractivity contribution in [1.29, 1.82) is 0 Å². The molecule has 0 radical (unpaired) electrons. The van der Waals surface area contributed by atoms with Crippen LogP contribution in [-0.2, 0) is 0 Å². The number of benzene rings is 2. The summed E-state index contributed by atoms with van der Waals surface area (Å²) in [5.74, 6) is 1.43. The first-order valence-electron chi connectivity index (χ1n) is 11.9. The van der Waals surface area contributed by atoms with Crippen LogP contribution in [0.5, 0.6) is 5.75 Å². The summed E-state index contributed by atoms with van der Waals surface area (Å²) >= 11 is 0. The zero-order valence-corrected chi connectivity index (χ0v) is 18.8. The molecule has 0 amide bonds. The van der Waals surface area contributed by atoms with Gasteiger partial charge in [-0.25, -0.2) is 0 Å². The number of carbonyl (C=O) groups excluding carboxylic acids is 1. The Hall–Kier alpha value is -2.33. The molecular weight excluding hydrogens is 384 g/mol. The van der Waals surface area contributed by atoms with Gasteiger partial charge in [-0.05, 0) is 81.3 Å². The molecule has 0 bridgehead atoms. The number of Topliss-reactive ketones (excluding diaryl/α,β-unsaturated/α-hetero) is 1. The summed E-state index contributed by atoms with van der Waals surface area (Å²) in [6.07, 6.45) is 6.04. The number of ketones is 1. The number of hydrogen-bond donors (Lipinski definition) is 0. The summed E-state index contributed by atoms with van der Waals surface area (Å²) < 4.78 is 5.30. The third-order valence-corrected chi connectivity index (χ3v) is 7.89. The Bertz CT molecular complexity index is 925. The monoisotopic (exact) mass is 418 g/mol. The number of ether oxygens (including phenoxy) is 1. The Morgan fingerprint density at radius 2 is 1.84 bits per heavy atom. The number of likely N-dealkylation sites (tertiary alicyclic amines) is 1. The van der Waals surface area contributed by atoms with Crippen molar-refractivity contribution in [2.24, 2.45) is 5.92 Å². The largest absolute Gasteiger partial charge is 0.497 e. The summed E-state index contributed by atoms with van der Waals surface area (Å²) in [5.41, 5.74) is 3.40. The van der Waals surface area contributed by atoms with Crippen LogP contribution in [-0.4, -0.2) is 49.5 Å². The Labute approximate surface area is 186 Å². The summed E-state index contributed by atoms with van der Waals surface area (Å²) in [4.78, 5) is 18.3. The molecule has 0 aromatic heterocycles. The van der Waals surface area contributed by atoms with Gasteiger partial charge >= 0.3 is 0 Å². The topological polar surface area (TPSA) is 32.8 Å². The molecule has 1 aliphatic carbocycles. The lowest BCUT2D eigenvalue weighted by molar-refractivity contribution is 0.0818. The number of methoxy groups -OCH3 is 1. The molecule has 2 aromatic rings. The van der Waals surface area contributed by atoms with E-state index in [9.17, 15) is 4.79 Å². The van der Waals surface area contributed by atoms with Gasteiger partial charge in [-0.1, -0.05) is 24.3 Å². The van der Waals surface area contributed by atoms with Gasteiger partial charge in [0.1, 0.15) is 5.75 Å². The predicted molar refractivity (Wildman–Crippen MR) is 125 cm³/mol. The lowest BCUT2D eigenvalue weighted by atomic mass is 9.67. The summed E-state index contributed by atoms with van der Waals surface area (Å²) in [6, 6.07) is 18.1. The summed E-state index contributed by atoms with van der Waals surface area (Å²) in [6.45, 7) is 5.94. The first kappa shape index (κ1) is 20.6. The van der Waals surface area contributed by atoms with Gasteiger partial charge in [-0.2, -0.15) is 0 Å². The van der Waals surface area contributed by atoms with Crippen molar-refractivity contribution < 1.29 is 9.53 Å². The van der Waals surface area contributed by atoms with E-state index in [1.165, 1.54) is 37.1 Å². The maximum atomic E-state index is 13.1. The van der Waals surface area contributed by atoms with E-state index < -0.39 is 0 Å². The number of hydrogen-bond acceptors (Lipinski definition) is 4. The van der Waals surface area contributed by atoms with Crippen LogP contribution in [0.1, 0.15) is 60.9 Å². The van der Waals surface area contributed by atoms with E-state index in [0.29, 0.717) is 12.0 Å². The van der Waals surface area contributed by atoms with Crippen LogP contribution >= 0.6 is 0 Å². The normalized spacial score (nSPS) is 28.5. The lowest BCUT2D eigenvalue weighted by Gasteiger charge is -2.36. The lowest BCUT2D eigenvalue weighted by Crippen LogP contribution is -2.39. The van der Waals surface area contributed by atoms with Gasteiger partial charge in [0.2, 0.25) is 0 Å². The molecule has 3 fully saturated rings. The second-order valence-electron chi connectivity index (χ2n) is 9.60. The molecule has 4 atom stereocenters. The van der Waals surface area contributed by atoms with Crippen molar-refractivity contribution in [2.75, 3.05) is 31.6 Å².